The standard InChI is InChI=1S/C11H13FNO2.Li/c1-3-13(4-2)11(14)15-10-7-5-6-9(12)8-10;/h5-7H,3-4H2,1-2H3;/q-1;+1. The molecule has 0 fully saturated rings. The summed E-state index contributed by atoms with van der Waals surface area (Å²) in [6.45, 7) is 4.81. The summed E-state index contributed by atoms with van der Waals surface area (Å²) in [6, 6.07) is 6.51. The van der Waals surface area contributed by atoms with Gasteiger partial charge in [-0.3, -0.25) is 0 Å². The van der Waals surface area contributed by atoms with Crippen LogP contribution in [0.3, 0.4) is 0 Å². The van der Waals surface area contributed by atoms with Crippen LogP contribution in [-0.2, 0) is 0 Å². The summed E-state index contributed by atoms with van der Waals surface area (Å²) in [5.41, 5.74) is 0. The fourth-order valence-electron chi connectivity index (χ4n) is 1.12. The van der Waals surface area contributed by atoms with Crippen molar-refractivity contribution in [3.63, 3.8) is 0 Å². The Balaban J connectivity index is 0.00000225. The molecule has 0 saturated carbocycles. The first-order chi connectivity index (χ1) is 7.17. The van der Waals surface area contributed by atoms with Crippen LogP contribution in [0, 0.1) is 11.9 Å². The molecule has 1 amide bonds. The van der Waals surface area contributed by atoms with E-state index in [9.17, 15) is 9.18 Å². The SMILES string of the molecule is CCN(CC)C(=O)Oc1[c-]c(F)ccc1.[Li+]. The molecular weight excluding hydrogens is 204 g/mol. The van der Waals surface area contributed by atoms with Crippen molar-refractivity contribution < 1.29 is 32.8 Å². The van der Waals surface area contributed by atoms with Gasteiger partial charge in [0.2, 0.25) is 0 Å². The molecule has 0 unspecified atom stereocenters. The van der Waals surface area contributed by atoms with Crippen LogP contribution in [0.25, 0.3) is 0 Å². The van der Waals surface area contributed by atoms with Gasteiger partial charge in [0.25, 0.3) is 0 Å². The van der Waals surface area contributed by atoms with Crippen LogP contribution < -0.4 is 23.6 Å². The smallest absolute Gasteiger partial charge is 0.437 e. The van der Waals surface area contributed by atoms with Gasteiger partial charge in [0, 0.05) is 24.7 Å². The molecule has 1 rings (SSSR count). The average Bonchev–Trinajstić information content (AvgIpc) is 2.19. The van der Waals surface area contributed by atoms with Crippen molar-refractivity contribution in [1.29, 1.82) is 0 Å². The Bertz CT molecular complexity index is 343. The largest absolute Gasteiger partial charge is 1.00 e. The first-order valence-corrected chi connectivity index (χ1v) is 4.82. The fraction of sp³-hybridized carbons (Fsp3) is 0.364. The molecular formula is C11H13FLiNO2. The molecule has 0 aliphatic carbocycles. The molecule has 3 nitrogen and oxygen atoms in total. The van der Waals surface area contributed by atoms with Crippen LogP contribution in [0.1, 0.15) is 13.8 Å². The van der Waals surface area contributed by atoms with Gasteiger partial charge in [-0.2, -0.15) is 6.07 Å². The fourth-order valence-corrected chi connectivity index (χ4v) is 1.12. The number of carbonyl (C=O) groups is 1. The van der Waals surface area contributed by atoms with Gasteiger partial charge in [-0.15, -0.1) is 18.2 Å². The molecule has 5 heteroatoms. The van der Waals surface area contributed by atoms with Gasteiger partial charge in [0.05, 0.1) is 0 Å². The molecule has 0 heterocycles. The molecule has 0 aromatic heterocycles. The number of halogens is 1. The Morgan fingerprint density at radius 2 is 2.06 bits per heavy atom. The maximum Gasteiger partial charge on any atom is 1.00 e. The number of hydrogen-bond donors (Lipinski definition) is 0. The predicted molar refractivity (Wildman–Crippen MR) is 54.2 cm³/mol. The second kappa shape index (κ2) is 7.32. The van der Waals surface area contributed by atoms with Crippen molar-refractivity contribution in [2.75, 3.05) is 13.1 Å². The van der Waals surface area contributed by atoms with Crippen molar-refractivity contribution in [3.05, 3.63) is 30.1 Å². The van der Waals surface area contributed by atoms with E-state index in [1.807, 2.05) is 13.8 Å². The van der Waals surface area contributed by atoms with E-state index in [0.717, 1.165) is 0 Å². The number of benzene rings is 1. The van der Waals surface area contributed by atoms with E-state index in [1.165, 1.54) is 23.1 Å². The minimum Gasteiger partial charge on any atom is -0.437 e. The van der Waals surface area contributed by atoms with Gasteiger partial charge in [-0.1, -0.05) is 0 Å². The Morgan fingerprint density at radius 3 is 2.56 bits per heavy atom. The summed E-state index contributed by atoms with van der Waals surface area (Å²) < 4.78 is 17.7. The summed E-state index contributed by atoms with van der Waals surface area (Å²) in [4.78, 5) is 12.9. The van der Waals surface area contributed by atoms with Crippen molar-refractivity contribution >= 4 is 6.09 Å². The maximum absolute atomic E-state index is 12.7. The molecule has 0 bridgehead atoms. The summed E-state index contributed by atoms with van der Waals surface area (Å²) in [7, 11) is 0. The Labute approximate surface area is 107 Å². The Kier molecular flexibility index (Phi) is 6.87. The molecule has 0 N–H and O–H groups in total. The minimum absolute atomic E-state index is 0. The number of amides is 1. The average molecular weight is 217 g/mol. The molecule has 0 atom stereocenters. The van der Waals surface area contributed by atoms with Gasteiger partial charge < -0.3 is 9.64 Å². The van der Waals surface area contributed by atoms with Crippen LogP contribution in [0.4, 0.5) is 9.18 Å². The van der Waals surface area contributed by atoms with Gasteiger partial charge in [0.15, 0.2) is 0 Å². The van der Waals surface area contributed by atoms with Crippen molar-refractivity contribution in [2.24, 2.45) is 0 Å². The van der Waals surface area contributed by atoms with E-state index in [1.54, 1.807) is 0 Å². The van der Waals surface area contributed by atoms with Crippen LogP contribution in [0.15, 0.2) is 18.2 Å². The number of carbonyl (C=O) groups excluding carboxylic acids is 1. The molecule has 1 aromatic carbocycles. The number of ether oxygens (including phenoxy) is 1. The van der Waals surface area contributed by atoms with Crippen molar-refractivity contribution in [1.82, 2.24) is 4.90 Å². The number of hydrogen-bond acceptors (Lipinski definition) is 2. The second-order valence-electron chi connectivity index (χ2n) is 2.90. The third kappa shape index (κ3) is 4.26. The van der Waals surface area contributed by atoms with E-state index < -0.39 is 11.9 Å². The molecule has 0 aliphatic heterocycles. The minimum atomic E-state index is -0.542. The van der Waals surface area contributed by atoms with Gasteiger partial charge in [0.1, 0.15) is 0 Å². The summed E-state index contributed by atoms with van der Waals surface area (Å²) >= 11 is 0. The quantitative estimate of drug-likeness (QED) is 0.503. The molecule has 0 saturated heterocycles. The van der Waals surface area contributed by atoms with Crippen LogP contribution in [0.2, 0.25) is 0 Å². The molecule has 0 radical (unpaired) electrons. The molecule has 0 spiro atoms. The van der Waals surface area contributed by atoms with Crippen LogP contribution >= 0.6 is 0 Å². The van der Waals surface area contributed by atoms with E-state index in [2.05, 4.69) is 6.07 Å². The Hall–Kier alpha value is -0.983. The van der Waals surface area contributed by atoms with Gasteiger partial charge in [-0.05, 0) is 13.8 Å². The monoisotopic (exact) mass is 217 g/mol. The van der Waals surface area contributed by atoms with Crippen molar-refractivity contribution in [3.8, 4) is 5.75 Å². The Morgan fingerprint density at radius 1 is 1.44 bits per heavy atom. The normalized spacial score (nSPS) is 9.19. The number of rotatable bonds is 3. The first kappa shape index (κ1) is 15.0. The number of nitrogens with zero attached hydrogens (tertiary/aromatic N) is 1. The third-order valence-corrected chi connectivity index (χ3v) is 1.95. The van der Waals surface area contributed by atoms with E-state index in [-0.39, 0.29) is 24.6 Å². The van der Waals surface area contributed by atoms with E-state index in [4.69, 9.17) is 4.74 Å². The maximum atomic E-state index is 12.7. The van der Waals surface area contributed by atoms with Gasteiger partial charge in [-0.25, -0.2) is 9.18 Å². The van der Waals surface area contributed by atoms with Crippen LogP contribution in [0.5, 0.6) is 5.75 Å². The third-order valence-electron chi connectivity index (χ3n) is 1.95. The van der Waals surface area contributed by atoms with Crippen LogP contribution in [-0.4, -0.2) is 24.1 Å². The first-order valence-electron chi connectivity index (χ1n) is 4.82. The topological polar surface area (TPSA) is 29.5 Å². The zero-order valence-corrected chi connectivity index (χ0v) is 9.79. The molecule has 82 valence electrons. The van der Waals surface area contributed by atoms with Crippen molar-refractivity contribution in [2.45, 2.75) is 13.8 Å². The summed E-state index contributed by atoms with van der Waals surface area (Å²) in [5, 5.41) is 0. The molecule has 0 aliphatic rings. The van der Waals surface area contributed by atoms with E-state index >= 15 is 0 Å². The second-order valence-corrected chi connectivity index (χ2v) is 2.90. The molecule has 16 heavy (non-hydrogen) atoms. The van der Waals surface area contributed by atoms with Gasteiger partial charge >= 0.3 is 25.0 Å². The zero-order chi connectivity index (χ0) is 11.3. The molecule has 1 aromatic rings. The van der Waals surface area contributed by atoms with E-state index in [0.29, 0.717) is 13.1 Å². The predicted octanol–water partition coefficient (Wildman–Crippen LogP) is -0.530. The summed E-state index contributed by atoms with van der Waals surface area (Å²) in [6.07, 6.45) is -0.484. The zero-order valence-electron chi connectivity index (χ0n) is 9.79. The summed E-state index contributed by atoms with van der Waals surface area (Å²) in [5.74, 6) is -0.438.